The highest BCUT2D eigenvalue weighted by atomic mass is 19.1. The van der Waals surface area contributed by atoms with Gasteiger partial charge in [0.1, 0.15) is 11.9 Å². The molecular formula is C16H15FN2O2. The quantitative estimate of drug-likeness (QED) is 0.775. The Morgan fingerprint density at radius 2 is 2.24 bits per heavy atom. The van der Waals surface area contributed by atoms with E-state index in [0.717, 1.165) is 18.4 Å². The molecule has 1 aliphatic carbocycles. The van der Waals surface area contributed by atoms with Gasteiger partial charge in [-0.05, 0) is 29.9 Å². The van der Waals surface area contributed by atoms with Crippen LogP contribution in [0.15, 0.2) is 35.2 Å². The lowest BCUT2D eigenvalue weighted by atomic mass is 9.93. The maximum Gasteiger partial charge on any atom is 0.170 e. The Morgan fingerprint density at radius 3 is 2.90 bits per heavy atom. The average Bonchev–Trinajstić information content (AvgIpc) is 2.95. The van der Waals surface area contributed by atoms with Gasteiger partial charge in [0, 0.05) is 23.3 Å². The Morgan fingerprint density at radius 1 is 1.43 bits per heavy atom. The Hall–Kier alpha value is -2.14. The Labute approximate surface area is 120 Å². The number of furan rings is 1. The Balaban J connectivity index is 1.96. The number of imidazole rings is 1. The number of aromatic amines is 1. The molecule has 1 saturated carbocycles. The van der Waals surface area contributed by atoms with Gasteiger partial charge in [-0.2, -0.15) is 0 Å². The highest BCUT2D eigenvalue weighted by Crippen LogP contribution is 2.51. The molecule has 2 aromatic heterocycles. The van der Waals surface area contributed by atoms with Crippen molar-refractivity contribution in [1.29, 1.82) is 0 Å². The van der Waals surface area contributed by atoms with Crippen LogP contribution in [0.3, 0.4) is 0 Å². The van der Waals surface area contributed by atoms with Crippen molar-refractivity contribution in [1.82, 2.24) is 9.97 Å². The monoisotopic (exact) mass is 286 g/mol. The van der Waals surface area contributed by atoms with Crippen molar-refractivity contribution in [2.24, 2.45) is 0 Å². The largest absolute Gasteiger partial charge is 0.461 e. The molecule has 4 rings (SSSR count). The first-order valence-electron chi connectivity index (χ1n) is 6.97. The average molecular weight is 286 g/mol. The number of hydrogen-bond acceptors (Lipinski definition) is 3. The molecule has 2 N–H and O–H groups in total. The number of hydrogen-bond donors (Lipinski definition) is 2. The van der Waals surface area contributed by atoms with Gasteiger partial charge in [-0.1, -0.05) is 13.0 Å². The lowest BCUT2D eigenvalue weighted by Gasteiger charge is -2.13. The van der Waals surface area contributed by atoms with Crippen LogP contribution in [0.2, 0.25) is 0 Å². The molecule has 0 spiro atoms. The van der Waals surface area contributed by atoms with Gasteiger partial charge in [-0.15, -0.1) is 0 Å². The maximum absolute atomic E-state index is 14.0. The summed E-state index contributed by atoms with van der Waals surface area (Å²) in [6.07, 6.45) is 6.03. The molecule has 5 heteroatoms. The van der Waals surface area contributed by atoms with Crippen molar-refractivity contribution in [3.05, 3.63) is 53.6 Å². The van der Waals surface area contributed by atoms with Gasteiger partial charge < -0.3 is 14.5 Å². The fourth-order valence-electron chi connectivity index (χ4n) is 2.85. The minimum atomic E-state index is -0.929. The second kappa shape index (κ2) is 4.18. The molecule has 1 aliphatic rings. The lowest BCUT2D eigenvalue weighted by Crippen LogP contribution is -2.06. The van der Waals surface area contributed by atoms with E-state index in [1.165, 1.54) is 6.07 Å². The summed E-state index contributed by atoms with van der Waals surface area (Å²) >= 11 is 0. The third kappa shape index (κ3) is 1.81. The van der Waals surface area contributed by atoms with Crippen LogP contribution < -0.4 is 0 Å². The normalized spacial score (nSPS) is 18.0. The van der Waals surface area contributed by atoms with E-state index >= 15 is 0 Å². The predicted octanol–water partition coefficient (Wildman–Crippen LogP) is 3.43. The molecule has 1 aromatic carbocycles. The van der Waals surface area contributed by atoms with E-state index < -0.39 is 11.9 Å². The van der Waals surface area contributed by atoms with Gasteiger partial charge in [0.05, 0.1) is 6.26 Å². The topological polar surface area (TPSA) is 62.1 Å². The number of aliphatic hydroxyl groups is 1. The number of aromatic nitrogens is 2. The SMILES string of the molecule is CC1(c2coc3c(F)ccc(C(O)c4ncc[nH]4)c23)CC1. The number of rotatable bonds is 3. The molecule has 3 aromatic rings. The second-order valence-electron chi connectivity index (χ2n) is 5.93. The molecule has 1 atom stereocenters. The summed E-state index contributed by atoms with van der Waals surface area (Å²) in [4.78, 5) is 6.98. The number of aliphatic hydroxyl groups excluding tert-OH is 1. The van der Waals surface area contributed by atoms with Crippen LogP contribution in [-0.2, 0) is 5.41 Å². The first-order valence-corrected chi connectivity index (χ1v) is 6.97. The van der Waals surface area contributed by atoms with Gasteiger partial charge in [0.15, 0.2) is 11.4 Å². The summed E-state index contributed by atoms with van der Waals surface area (Å²) in [5.41, 5.74) is 1.83. The molecule has 0 saturated heterocycles. The summed E-state index contributed by atoms with van der Waals surface area (Å²) in [7, 11) is 0. The van der Waals surface area contributed by atoms with E-state index in [-0.39, 0.29) is 11.0 Å². The van der Waals surface area contributed by atoms with Crippen LogP contribution in [0.5, 0.6) is 0 Å². The van der Waals surface area contributed by atoms with Crippen LogP contribution in [0.1, 0.15) is 42.8 Å². The van der Waals surface area contributed by atoms with Crippen molar-refractivity contribution < 1.29 is 13.9 Å². The van der Waals surface area contributed by atoms with Crippen LogP contribution in [-0.4, -0.2) is 15.1 Å². The number of benzene rings is 1. The third-order valence-electron chi connectivity index (χ3n) is 4.43. The van der Waals surface area contributed by atoms with Crippen LogP contribution in [0.25, 0.3) is 11.0 Å². The molecule has 2 heterocycles. The second-order valence-corrected chi connectivity index (χ2v) is 5.93. The minimum absolute atomic E-state index is 0.0245. The van der Waals surface area contributed by atoms with Crippen molar-refractivity contribution >= 4 is 11.0 Å². The highest BCUT2D eigenvalue weighted by Gasteiger charge is 2.42. The Bertz CT molecular complexity index is 803. The number of halogens is 1. The fraction of sp³-hybridized carbons (Fsp3) is 0.312. The number of fused-ring (bicyclic) bond motifs is 1. The predicted molar refractivity (Wildman–Crippen MR) is 75.4 cm³/mol. The first-order chi connectivity index (χ1) is 10.1. The van der Waals surface area contributed by atoms with Crippen molar-refractivity contribution in [3.63, 3.8) is 0 Å². The number of nitrogens with one attached hydrogen (secondary N) is 1. The number of nitrogens with zero attached hydrogens (tertiary/aromatic N) is 1. The molecule has 0 radical (unpaired) electrons. The third-order valence-corrected chi connectivity index (χ3v) is 4.43. The van der Waals surface area contributed by atoms with E-state index in [4.69, 9.17) is 4.42 Å². The van der Waals surface area contributed by atoms with Crippen LogP contribution >= 0.6 is 0 Å². The molecule has 0 bridgehead atoms. The standard InChI is InChI=1S/C16H15FN2O2/c1-16(4-5-16)10-8-21-14-11(17)3-2-9(12(10)14)13(20)15-18-6-7-19-15/h2-3,6-8,13,20H,4-5H2,1H3,(H,18,19). The molecule has 0 aliphatic heterocycles. The Kier molecular flexibility index (Phi) is 2.50. The van der Waals surface area contributed by atoms with Gasteiger partial charge in [0.2, 0.25) is 0 Å². The number of H-pyrrole nitrogens is 1. The van der Waals surface area contributed by atoms with Gasteiger partial charge in [-0.3, -0.25) is 0 Å². The molecule has 1 unspecified atom stereocenters. The van der Waals surface area contributed by atoms with E-state index in [0.29, 0.717) is 16.8 Å². The zero-order valence-corrected chi connectivity index (χ0v) is 11.6. The van der Waals surface area contributed by atoms with E-state index in [1.54, 1.807) is 24.7 Å². The zero-order valence-electron chi connectivity index (χ0n) is 11.6. The molecule has 21 heavy (non-hydrogen) atoms. The zero-order chi connectivity index (χ0) is 14.6. The molecule has 4 nitrogen and oxygen atoms in total. The lowest BCUT2D eigenvalue weighted by molar-refractivity contribution is 0.212. The minimum Gasteiger partial charge on any atom is -0.461 e. The molecule has 108 valence electrons. The van der Waals surface area contributed by atoms with E-state index in [2.05, 4.69) is 16.9 Å². The first kappa shape index (κ1) is 12.6. The summed E-state index contributed by atoms with van der Waals surface area (Å²) in [6, 6.07) is 2.93. The van der Waals surface area contributed by atoms with E-state index in [1.807, 2.05) is 0 Å². The highest BCUT2D eigenvalue weighted by molar-refractivity contribution is 5.87. The van der Waals surface area contributed by atoms with Crippen LogP contribution in [0, 0.1) is 5.82 Å². The maximum atomic E-state index is 14.0. The molecule has 1 fully saturated rings. The smallest absolute Gasteiger partial charge is 0.170 e. The van der Waals surface area contributed by atoms with Gasteiger partial charge in [-0.25, -0.2) is 9.37 Å². The molecule has 0 amide bonds. The van der Waals surface area contributed by atoms with Gasteiger partial charge in [0.25, 0.3) is 0 Å². The van der Waals surface area contributed by atoms with Gasteiger partial charge >= 0.3 is 0 Å². The van der Waals surface area contributed by atoms with Crippen molar-refractivity contribution in [2.45, 2.75) is 31.3 Å². The summed E-state index contributed by atoms with van der Waals surface area (Å²) in [5, 5.41) is 11.2. The molecular weight excluding hydrogens is 271 g/mol. The summed E-state index contributed by atoms with van der Waals surface area (Å²) in [5.74, 6) is 0.0342. The summed E-state index contributed by atoms with van der Waals surface area (Å²) < 4.78 is 19.4. The fourth-order valence-corrected chi connectivity index (χ4v) is 2.85. The van der Waals surface area contributed by atoms with E-state index in [9.17, 15) is 9.50 Å². The van der Waals surface area contributed by atoms with Crippen LogP contribution in [0.4, 0.5) is 4.39 Å². The van der Waals surface area contributed by atoms with Crippen molar-refractivity contribution in [2.75, 3.05) is 0 Å². The summed E-state index contributed by atoms with van der Waals surface area (Å²) in [6.45, 7) is 2.13. The van der Waals surface area contributed by atoms with Crippen molar-refractivity contribution in [3.8, 4) is 0 Å².